The molecule has 1 aliphatic rings. The van der Waals surface area contributed by atoms with Crippen molar-refractivity contribution >= 4 is 12.8 Å². The summed E-state index contributed by atoms with van der Waals surface area (Å²) < 4.78 is 26.2. The Morgan fingerprint density at radius 1 is 0.750 bits per heavy atom. The molecule has 1 atom stereocenters. The van der Waals surface area contributed by atoms with E-state index in [0.29, 0.717) is 17.6 Å². The summed E-state index contributed by atoms with van der Waals surface area (Å²) in [5.74, 6) is 0.708. The van der Waals surface area contributed by atoms with Crippen molar-refractivity contribution < 1.29 is 13.8 Å². The van der Waals surface area contributed by atoms with Crippen LogP contribution >= 0.6 is 7.52 Å². The Bertz CT molecular complexity index is 1230. The number of hydrogen-bond acceptors (Lipinski definition) is 3. The van der Waals surface area contributed by atoms with Gasteiger partial charge < -0.3 is 9.26 Å². The zero-order valence-electron chi connectivity index (χ0n) is 17.8. The number of hydrogen-bond donors (Lipinski definition) is 1. The molecule has 0 radical (unpaired) electrons. The number of rotatable bonds is 7. The Labute approximate surface area is 188 Å². The van der Waals surface area contributed by atoms with Crippen molar-refractivity contribution in [2.45, 2.75) is 12.6 Å². The fraction of sp³-hybridized carbons (Fsp3) is 0.111. The van der Waals surface area contributed by atoms with Crippen LogP contribution in [0.4, 0.5) is 0 Å². The van der Waals surface area contributed by atoms with E-state index < -0.39 is 13.6 Å². The fourth-order valence-corrected chi connectivity index (χ4v) is 5.97. The molecule has 4 aromatic rings. The zero-order valence-corrected chi connectivity index (χ0v) is 18.7. The highest BCUT2D eigenvalue weighted by molar-refractivity contribution is 7.65. The number of fused-ring (bicyclic) bond motifs is 3. The molecule has 4 aromatic carbocycles. The van der Waals surface area contributed by atoms with Crippen LogP contribution in [-0.2, 0) is 15.6 Å². The third-order valence-electron chi connectivity index (χ3n) is 5.78. The quantitative estimate of drug-likeness (QED) is 0.353. The lowest BCUT2D eigenvalue weighted by atomic mass is 10.1. The van der Waals surface area contributed by atoms with Crippen LogP contribution in [0.3, 0.4) is 0 Å². The highest BCUT2D eigenvalue weighted by Crippen LogP contribution is 2.54. The minimum absolute atomic E-state index is 0.418. The molecule has 5 rings (SSSR count). The third-order valence-corrected chi connectivity index (χ3v) is 7.84. The van der Waals surface area contributed by atoms with Crippen LogP contribution < -0.4 is 15.1 Å². The van der Waals surface area contributed by atoms with Crippen molar-refractivity contribution in [3.63, 3.8) is 0 Å². The van der Waals surface area contributed by atoms with E-state index in [1.165, 1.54) is 0 Å². The molecule has 5 heteroatoms. The van der Waals surface area contributed by atoms with Crippen LogP contribution in [0.1, 0.15) is 22.8 Å². The van der Waals surface area contributed by atoms with E-state index in [1.54, 1.807) is 7.11 Å². The van der Waals surface area contributed by atoms with Crippen molar-refractivity contribution in [3.8, 4) is 16.9 Å². The molecule has 0 aliphatic heterocycles. The molecule has 0 spiro atoms. The fourth-order valence-electron chi connectivity index (χ4n) is 4.13. The van der Waals surface area contributed by atoms with Crippen molar-refractivity contribution in [1.29, 1.82) is 0 Å². The summed E-state index contributed by atoms with van der Waals surface area (Å²) >= 11 is 0. The maximum absolute atomic E-state index is 14.4. The Balaban J connectivity index is 1.54. The van der Waals surface area contributed by atoms with Crippen LogP contribution in [0.2, 0.25) is 0 Å². The monoisotopic (exact) mass is 441 g/mol. The van der Waals surface area contributed by atoms with Crippen LogP contribution in [0.25, 0.3) is 11.1 Å². The molecule has 0 bridgehead atoms. The lowest BCUT2D eigenvalue weighted by molar-refractivity contribution is 0.252. The molecule has 160 valence electrons. The van der Waals surface area contributed by atoms with Gasteiger partial charge >= 0.3 is 7.52 Å². The first-order valence-corrected chi connectivity index (χ1v) is 12.2. The second kappa shape index (κ2) is 8.76. The second-order valence-electron chi connectivity index (χ2n) is 7.73. The smallest absolute Gasteiger partial charge is 0.300 e. The summed E-state index contributed by atoms with van der Waals surface area (Å²) in [7, 11) is -1.82. The van der Waals surface area contributed by atoms with Gasteiger partial charge in [0.05, 0.1) is 12.4 Å². The van der Waals surface area contributed by atoms with Crippen molar-refractivity contribution in [2.75, 3.05) is 7.11 Å². The lowest BCUT2D eigenvalue weighted by Gasteiger charge is -2.25. The van der Waals surface area contributed by atoms with Gasteiger partial charge in [0.15, 0.2) is 0 Å². The topological polar surface area (TPSA) is 47.6 Å². The first-order chi connectivity index (χ1) is 15.7. The summed E-state index contributed by atoms with van der Waals surface area (Å²) in [6, 6.07) is 33.5. The predicted molar refractivity (Wildman–Crippen MR) is 128 cm³/mol. The Kier molecular flexibility index (Phi) is 5.67. The summed E-state index contributed by atoms with van der Waals surface area (Å²) in [5, 5.41) is 3.85. The predicted octanol–water partition coefficient (Wildman–Crippen LogP) is 6.09. The van der Waals surface area contributed by atoms with E-state index in [9.17, 15) is 4.57 Å². The first kappa shape index (κ1) is 20.7. The van der Waals surface area contributed by atoms with Crippen molar-refractivity contribution in [1.82, 2.24) is 5.09 Å². The summed E-state index contributed by atoms with van der Waals surface area (Å²) in [6.45, 7) is 0.431. The number of benzene rings is 4. The van der Waals surface area contributed by atoms with Gasteiger partial charge in [-0.1, -0.05) is 78.9 Å². The lowest BCUT2D eigenvalue weighted by Crippen LogP contribution is -2.23. The second-order valence-corrected chi connectivity index (χ2v) is 9.88. The highest BCUT2D eigenvalue weighted by Gasteiger charge is 2.36. The maximum atomic E-state index is 14.4. The number of ether oxygens (including phenoxy) is 1. The average molecular weight is 441 g/mol. The molecule has 0 saturated heterocycles. The Hall–Kier alpha value is -3.17. The van der Waals surface area contributed by atoms with E-state index in [-0.39, 0.29) is 0 Å². The third kappa shape index (κ3) is 3.89. The summed E-state index contributed by atoms with van der Waals surface area (Å²) in [5.41, 5.74) is 5.35. The standard InChI is InChI=1S/C27H24NO3P/c1-30-21-15-17-22(18-16-21)32(29,28-19-20-9-3-2-4-10-20)31-27-25-13-7-5-11-23(25)24-12-6-8-14-26(24)27/h2-18,27H,19H2,1H3,(H,28,29)/t32-/m0/s1. The maximum Gasteiger partial charge on any atom is 0.300 e. The van der Waals surface area contributed by atoms with Gasteiger partial charge in [-0.25, -0.2) is 5.09 Å². The van der Waals surface area contributed by atoms with Gasteiger partial charge in [0.2, 0.25) is 0 Å². The minimum atomic E-state index is -3.43. The summed E-state index contributed by atoms with van der Waals surface area (Å²) in [4.78, 5) is 0. The van der Waals surface area contributed by atoms with Gasteiger partial charge in [-0.2, -0.15) is 0 Å². The Morgan fingerprint density at radius 3 is 1.91 bits per heavy atom. The van der Waals surface area contributed by atoms with E-state index in [0.717, 1.165) is 27.8 Å². The zero-order chi connectivity index (χ0) is 22.0. The molecule has 1 N–H and O–H groups in total. The van der Waals surface area contributed by atoms with Gasteiger partial charge in [-0.3, -0.25) is 4.57 Å². The normalized spacial score (nSPS) is 14.4. The van der Waals surface area contributed by atoms with Gasteiger partial charge in [-0.05, 0) is 52.1 Å². The van der Waals surface area contributed by atoms with E-state index >= 15 is 0 Å². The molecule has 0 amide bonds. The molecular formula is C27H24NO3P. The molecule has 0 fully saturated rings. The molecule has 0 unspecified atom stereocenters. The van der Waals surface area contributed by atoms with Crippen molar-refractivity contribution in [2.24, 2.45) is 0 Å². The minimum Gasteiger partial charge on any atom is -0.497 e. The number of methoxy groups -OCH3 is 1. The SMILES string of the molecule is COc1ccc([P@@](=O)(NCc2ccccc2)OC2c3ccccc3-c3ccccc32)cc1. The largest absolute Gasteiger partial charge is 0.497 e. The van der Waals surface area contributed by atoms with E-state index in [4.69, 9.17) is 9.26 Å². The molecule has 0 aromatic heterocycles. The van der Waals surface area contributed by atoms with E-state index in [1.807, 2.05) is 78.9 Å². The van der Waals surface area contributed by atoms with Crippen LogP contribution in [0.5, 0.6) is 5.75 Å². The first-order valence-electron chi connectivity index (χ1n) is 10.6. The van der Waals surface area contributed by atoms with Gasteiger partial charge in [0.25, 0.3) is 0 Å². The average Bonchev–Trinajstić information content (AvgIpc) is 3.17. The molecule has 4 nitrogen and oxygen atoms in total. The van der Waals surface area contributed by atoms with E-state index in [2.05, 4.69) is 29.4 Å². The Morgan fingerprint density at radius 2 is 1.31 bits per heavy atom. The molecular weight excluding hydrogens is 417 g/mol. The molecule has 1 aliphatic carbocycles. The highest BCUT2D eigenvalue weighted by atomic mass is 31.2. The van der Waals surface area contributed by atoms with Crippen LogP contribution in [0.15, 0.2) is 103 Å². The summed E-state index contributed by atoms with van der Waals surface area (Å²) in [6.07, 6.45) is -0.418. The van der Waals surface area contributed by atoms with Gasteiger partial charge in [0, 0.05) is 6.54 Å². The molecule has 0 heterocycles. The van der Waals surface area contributed by atoms with Crippen LogP contribution in [0, 0.1) is 0 Å². The van der Waals surface area contributed by atoms with Crippen LogP contribution in [-0.4, -0.2) is 7.11 Å². The number of nitrogens with one attached hydrogen (secondary N) is 1. The molecule has 32 heavy (non-hydrogen) atoms. The van der Waals surface area contributed by atoms with Gasteiger partial charge in [0.1, 0.15) is 11.9 Å². The van der Waals surface area contributed by atoms with Crippen molar-refractivity contribution in [3.05, 3.63) is 120 Å². The van der Waals surface area contributed by atoms with Gasteiger partial charge in [-0.15, -0.1) is 0 Å². The molecule has 0 saturated carbocycles.